The summed E-state index contributed by atoms with van der Waals surface area (Å²) in [5, 5.41) is 13.4. The molecule has 1 fully saturated rings. The Kier molecular flexibility index (Phi) is 5.72. The lowest BCUT2D eigenvalue weighted by Crippen LogP contribution is -2.54. The third-order valence-corrected chi connectivity index (χ3v) is 4.48. The molecule has 0 aromatic carbocycles. The molecule has 8 nitrogen and oxygen atoms in total. The molecule has 138 valence electrons. The number of aryl methyl sites for hydroxylation is 2. The maximum absolute atomic E-state index is 12.2. The topological polar surface area (TPSA) is 104 Å². The smallest absolute Gasteiger partial charge is 0.271 e. The Morgan fingerprint density at radius 3 is 2.88 bits per heavy atom. The normalized spacial score (nSPS) is 20.0. The molecule has 3 heterocycles. The molecule has 3 rings (SSSR count). The molecule has 26 heavy (non-hydrogen) atoms. The molecule has 2 aromatic rings. The van der Waals surface area contributed by atoms with Gasteiger partial charge in [0.25, 0.3) is 5.91 Å². The van der Waals surface area contributed by atoms with Gasteiger partial charge in [0.1, 0.15) is 17.3 Å². The van der Waals surface area contributed by atoms with Crippen molar-refractivity contribution in [3.05, 3.63) is 41.9 Å². The van der Waals surface area contributed by atoms with E-state index in [1.165, 1.54) is 18.6 Å². The van der Waals surface area contributed by atoms with Crippen LogP contribution in [0, 0.1) is 6.92 Å². The van der Waals surface area contributed by atoms with E-state index in [9.17, 15) is 9.90 Å². The van der Waals surface area contributed by atoms with Gasteiger partial charge in [-0.2, -0.15) is 0 Å². The average molecular weight is 356 g/mol. The fourth-order valence-corrected chi connectivity index (χ4v) is 3.15. The van der Waals surface area contributed by atoms with Gasteiger partial charge in [0.2, 0.25) is 0 Å². The van der Waals surface area contributed by atoms with E-state index in [0.29, 0.717) is 25.3 Å². The lowest BCUT2D eigenvalue weighted by molar-refractivity contribution is 0.0793. The second kappa shape index (κ2) is 8.18. The standard InChI is InChI=1S/C18H24N6O2/c1-3-4-13-9-21-12(2)22-17(13)24-8-5-14(16(25)11-24)23-18(26)15-10-19-6-7-20-15/h6-7,9-10,14,16,25H,3-5,8,11H2,1-2H3,(H,23,26)/t14-,16-/m1/s1. The molecule has 2 atom stereocenters. The quantitative estimate of drug-likeness (QED) is 0.820. The number of aromatic nitrogens is 4. The van der Waals surface area contributed by atoms with E-state index in [4.69, 9.17) is 0 Å². The van der Waals surface area contributed by atoms with E-state index >= 15 is 0 Å². The zero-order valence-electron chi connectivity index (χ0n) is 15.1. The van der Waals surface area contributed by atoms with E-state index in [1.807, 2.05) is 13.1 Å². The van der Waals surface area contributed by atoms with Crippen LogP contribution in [0.5, 0.6) is 0 Å². The van der Waals surface area contributed by atoms with E-state index in [0.717, 1.165) is 24.2 Å². The van der Waals surface area contributed by atoms with Crippen molar-refractivity contribution < 1.29 is 9.90 Å². The summed E-state index contributed by atoms with van der Waals surface area (Å²) in [7, 11) is 0. The Morgan fingerprint density at radius 2 is 2.19 bits per heavy atom. The van der Waals surface area contributed by atoms with Crippen molar-refractivity contribution in [2.75, 3.05) is 18.0 Å². The number of amides is 1. The predicted octanol–water partition coefficient (Wildman–Crippen LogP) is 0.897. The van der Waals surface area contributed by atoms with E-state index in [2.05, 4.69) is 37.1 Å². The van der Waals surface area contributed by atoms with Crippen LogP contribution in [0.2, 0.25) is 0 Å². The van der Waals surface area contributed by atoms with Gasteiger partial charge in [-0.25, -0.2) is 15.0 Å². The zero-order valence-corrected chi connectivity index (χ0v) is 15.1. The van der Waals surface area contributed by atoms with Gasteiger partial charge in [0.05, 0.1) is 18.3 Å². The molecular formula is C18H24N6O2. The first kappa shape index (κ1) is 18.2. The molecule has 0 spiro atoms. The van der Waals surface area contributed by atoms with Gasteiger partial charge in [0, 0.05) is 37.2 Å². The molecule has 1 amide bonds. The number of carbonyl (C=O) groups excluding carboxylic acids is 1. The molecule has 0 aliphatic carbocycles. The number of hydrogen-bond donors (Lipinski definition) is 2. The maximum atomic E-state index is 12.2. The van der Waals surface area contributed by atoms with Gasteiger partial charge in [-0.1, -0.05) is 13.3 Å². The molecule has 1 aliphatic rings. The number of β-amino-alcohol motifs (C(OH)–C–C–N with tert-alkyl or cyclic N) is 1. The average Bonchev–Trinajstić information content (AvgIpc) is 2.65. The van der Waals surface area contributed by atoms with E-state index in [-0.39, 0.29) is 17.6 Å². The Balaban J connectivity index is 1.67. The molecule has 1 aliphatic heterocycles. The third-order valence-electron chi connectivity index (χ3n) is 4.48. The van der Waals surface area contributed by atoms with Crippen LogP contribution in [0.3, 0.4) is 0 Å². The van der Waals surface area contributed by atoms with Gasteiger partial charge in [-0.15, -0.1) is 0 Å². The van der Waals surface area contributed by atoms with Gasteiger partial charge >= 0.3 is 0 Å². The highest BCUT2D eigenvalue weighted by Crippen LogP contribution is 2.23. The Morgan fingerprint density at radius 1 is 1.35 bits per heavy atom. The Hall–Kier alpha value is -2.61. The number of aliphatic hydroxyl groups is 1. The minimum absolute atomic E-state index is 0.249. The van der Waals surface area contributed by atoms with Gasteiger partial charge < -0.3 is 15.3 Å². The van der Waals surface area contributed by atoms with Gasteiger partial charge in [-0.3, -0.25) is 9.78 Å². The summed E-state index contributed by atoms with van der Waals surface area (Å²) >= 11 is 0. The van der Waals surface area contributed by atoms with Crippen LogP contribution in [0.1, 0.15) is 41.6 Å². The number of rotatable bonds is 5. The van der Waals surface area contributed by atoms with Crippen LogP contribution < -0.4 is 10.2 Å². The summed E-state index contributed by atoms with van der Waals surface area (Å²) in [4.78, 5) is 31.1. The monoisotopic (exact) mass is 356 g/mol. The summed E-state index contributed by atoms with van der Waals surface area (Å²) in [6, 6.07) is -0.321. The number of piperidine rings is 1. The van der Waals surface area contributed by atoms with Crippen molar-refractivity contribution in [1.29, 1.82) is 0 Å². The molecule has 0 saturated carbocycles. The van der Waals surface area contributed by atoms with Crippen molar-refractivity contribution in [1.82, 2.24) is 25.3 Å². The van der Waals surface area contributed by atoms with Crippen molar-refractivity contribution in [3.63, 3.8) is 0 Å². The molecule has 2 aromatic heterocycles. The zero-order chi connectivity index (χ0) is 18.5. The number of carbonyl (C=O) groups is 1. The van der Waals surface area contributed by atoms with Crippen LogP contribution in [0.25, 0.3) is 0 Å². The van der Waals surface area contributed by atoms with Crippen molar-refractivity contribution in [2.45, 2.75) is 45.3 Å². The minimum Gasteiger partial charge on any atom is -0.389 e. The molecule has 0 unspecified atom stereocenters. The van der Waals surface area contributed by atoms with Crippen LogP contribution in [-0.4, -0.2) is 56.2 Å². The largest absolute Gasteiger partial charge is 0.389 e. The molecule has 2 N–H and O–H groups in total. The molecule has 0 bridgehead atoms. The summed E-state index contributed by atoms with van der Waals surface area (Å²) in [6.45, 7) is 5.10. The highest BCUT2D eigenvalue weighted by molar-refractivity contribution is 5.92. The summed E-state index contributed by atoms with van der Waals surface area (Å²) in [5.74, 6) is 1.28. The van der Waals surface area contributed by atoms with Crippen molar-refractivity contribution >= 4 is 11.7 Å². The molecular weight excluding hydrogens is 332 g/mol. The summed E-state index contributed by atoms with van der Waals surface area (Å²) in [5.41, 5.74) is 1.34. The first-order chi connectivity index (χ1) is 12.6. The number of nitrogens with zero attached hydrogens (tertiary/aromatic N) is 5. The minimum atomic E-state index is -0.686. The highest BCUT2D eigenvalue weighted by Gasteiger charge is 2.31. The summed E-state index contributed by atoms with van der Waals surface area (Å²) < 4.78 is 0. The number of aliphatic hydroxyl groups excluding tert-OH is 1. The third kappa shape index (κ3) is 4.13. The Labute approximate surface area is 152 Å². The van der Waals surface area contributed by atoms with Crippen LogP contribution in [0.4, 0.5) is 5.82 Å². The van der Waals surface area contributed by atoms with Gasteiger partial charge in [0.15, 0.2) is 0 Å². The summed E-state index contributed by atoms with van der Waals surface area (Å²) in [6.07, 6.45) is 8.12. The fraction of sp³-hybridized carbons (Fsp3) is 0.500. The van der Waals surface area contributed by atoms with E-state index in [1.54, 1.807) is 0 Å². The SMILES string of the molecule is CCCc1cnc(C)nc1N1CC[C@@H](NC(=O)c2cnccn2)[C@H](O)C1. The molecule has 8 heteroatoms. The number of nitrogens with one attached hydrogen (secondary N) is 1. The first-order valence-electron chi connectivity index (χ1n) is 8.91. The van der Waals surface area contributed by atoms with Crippen LogP contribution in [-0.2, 0) is 6.42 Å². The predicted molar refractivity (Wildman–Crippen MR) is 96.9 cm³/mol. The van der Waals surface area contributed by atoms with E-state index < -0.39 is 6.10 Å². The van der Waals surface area contributed by atoms with Crippen molar-refractivity contribution in [3.8, 4) is 0 Å². The Bertz CT molecular complexity index is 755. The van der Waals surface area contributed by atoms with Crippen LogP contribution in [0.15, 0.2) is 24.8 Å². The van der Waals surface area contributed by atoms with Gasteiger partial charge in [-0.05, 0) is 19.8 Å². The highest BCUT2D eigenvalue weighted by atomic mass is 16.3. The molecule has 0 radical (unpaired) electrons. The lowest BCUT2D eigenvalue weighted by atomic mass is 10.0. The second-order valence-corrected chi connectivity index (χ2v) is 6.49. The fourth-order valence-electron chi connectivity index (χ4n) is 3.15. The maximum Gasteiger partial charge on any atom is 0.271 e. The van der Waals surface area contributed by atoms with Crippen LogP contribution >= 0.6 is 0 Å². The number of anilines is 1. The number of hydrogen-bond acceptors (Lipinski definition) is 7. The lowest BCUT2D eigenvalue weighted by Gasteiger charge is -2.37. The second-order valence-electron chi connectivity index (χ2n) is 6.49. The van der Waals surface area contributed by atoms with Crippen molar-refractivity contribution in [2.24, 2.45) is 0 Å². The first-order valence-corrected chi connectivity index (χ1v) is 8.91. The molecule has 1 saturated heterocycles.